The normalized spacial score (nSPS) is 10.6. The van der Waals surface area contributed by atoms with Gasteiger partial charge in [-0.25, -0.2) is 8.78 Å². The van der Waals surface area contributed by atoms with Crippen LogP contribution in [0, 0.1) is 21.7 Å². The van der Waals surface area contributed by atoms with Crippen LogP contribution in [0.25, 0.3) is 6.08 Å². The second kappa shape index (κ2) is 10.7. The van der Waals surface area contributed by atoms with Gasteiger partial charge in [-0.1, -0.05) is 43.0 Å². The summed E-state index contributed by atoms with van der Waals surface area (Å²) < 4.78 is 33.7. The summed E-state index contributed by atoms with van der Waals surface area (Å²) in [6.07, 6.45) is 1.40. The summed E-state index contributed by atoms with van der Waals surface area (Å²) >= 11 is 0. The van der Waals surface area contributed by atoms with Crippen molar-refractivity contribution in [2.24, 2.45) is 0 Å². The van der Waals surface area contributed by atoms with Crippen molar-refractivity contribution in [1.82, 2.24) is 0 Å². The van der Waals surface area contributed by atoms with Crippen molar-refractivity contribution in [3.05, 3.63) is 130 Å². The number of anilines is 1. The molecule has 0 atom stereocenters. The van der Waals surface area contributed by atoms with E-state index in [0.717, 1.165) is 11.6 Å². The maximum Gasteiger partial charge on any atom is 0.278 e. The molecule has 0 aliphatic heterocycles. The Morgan fingerprint density at radius 1 is 0.944 bits per heavy atom. The van der Waals surface area contributed by atoms with Crippen molar-refractivity contribution in [2.45, 2.75) is 13.1 Å². The number of halogens is 2. The van der Waals surface area contributed by atoms with Gasteiger partial charge in [-0.05, 0) is 42.0 Å². The molecule has 182 valence electrons. The highest BCUT2D eigenvalue weighted by Gasteiger charge is 2.20. The van der Waals surface area contributed by atoms with Gasteiger partial charge in [0.05, 0.1) is 16.2 Å². The summed E-state index contributed by atoms with van der Waals surface area (Å²) in [4.78, 5) is 12.9. The molecule has 0 saturated carbocycles. The van der Waals surface area contributed by atoms with Gasteiger partial charge < -0.3 is 14.7 Å². The lowest BCUT2D eigenvalue weighted by Gasteiger charge is -2.27. The zero-order valence-corrected chi connectivity index (χ0v) is 19.1. The summed E-state index contributed by atoms with van der Waals surface area (Å²) in [7, 11) is 0. The van der Waals surface area contributed by atoms with Crippen molar-refractivity contribution in [3.8, 4) is 17.2 Å². The molecule has 0 aliphatic rings. The van der Waals surface area contributed by atoms with Crippen LogP contribution < -0.4 is 9.64 Å². The van der Waals surface area contributed by atoms with E-state index in [2.05, 4.69) is 6.58 Å². The number of hydrogen-bond acceptors (Lipinski definition) is 5. The maximum atomic E-state index is 14.5. The van der Waals surface area contributed by atoms with Gasteiger partial charge >= 0.3 is 0 Å². The zero-order chi connectivity index (χ0) is 25.7. The van der Waals surface area contributed by atoms with E-state index in [1.165, 1.54) is 30.3 Å². The van der Waals surface area contributed by atoms with E-state index < -0.39 is 16.6 Å². The van der Waals surface area contributed by atoms with Crippen LogP contribution in [0.5, 0.6) is 17.2 Å². The Kier molecular flexibility index (Phi) is 7.25. The number of nitrogens with zero attached hydrogens (tertiary/aromatic N) is 2. The number of rotatable bonds is 9. The molecule has 4 aromatic rings. The monoisotopic (exact) mass is 488 g/mol. The molecule has 0 unspecified atom stereocenters. The predicted octanol–water partition coefficient (Wildman–Crippen LogP) is 7.22. The molecule has 1 N–H and O–H groups in total. The first-order valence-corrected chi connectivity index (χ1v) is 11.0. The molecule has 0 bridgehead atoms. The van der Waals surface area contributed by atoms with Crippen LogP contribution in [0.4, 0.5) is 20.2 Å². The van der Waals surface area contributed by atoms with Crippen LogP contribution in [0.1, 0.15) is 16.7 Å². The van der Waals surface area contributed by atoms with Gasteiger partial charge in [-0.3, -0.25) is 10.1 Å². The number of phenolic OH excluding ortho intramolecular Hbond substituents is 1. The summed E-state index contributed by atoms with van der Waals surface area (Å²) in [5.74, 6) is -0.290. The van der Waals surface area contributed by atoms with Gasteiger partial charge in [0.15, 0.2) is 0 Å². The van der Waals surface area contributed by atoms with E-state index in [4.69, 9.17) is 4.74 Å². The third kappa shape index (κ3) is 5.67. The summed E-state index contributed by atoms with van der Waals surface area (Å²) in [5.41, 5.74) is 1.72. The average Bonchev–Trinajstić information content (AvgIpc) is 2.85. The van der Waals surface area contributed by atoms with Gasteiger partial charge in [0.25, 0.3) is 5.69 Å². The molecular formula is C28H22F2N2O4. The highest BCUT2D eigenvalue weighted by molar-refractivity contribution is 5.74. The number of benzene rings is 4. The third-order valence-electron chi connectivity index (χ3n) is 5.53. The van der Waals surface area contributed by atoms with Crippen LogP contribution >= 0.6 is 0 Å². The molecule has 4 rings (SSSR count). The molecule has 4 aromatic carbocycles. The standard InChI is InChI=1S/C28H22F2N2O4/c1-2-25-27(7-4-8-28(25)32(34)35)31(18-20-11-12-21(29)15-26(20)30)17-19-9-13-23(14-10-19)36-24-6-3-5-22(33)16-24/h2-16,33H,1,17-18H2. The van der Waals surface area contributed by atoms with E-state index in [1.54, 1.807) is 47.4 Å². The lowest BCUT2D eigenvalue weighted by Crippen LogP contribution is -2.24. The average molecular weight is 488 g/mol. The zero-order valence-electron chi connectivity index (χ0n) is 19.1. The smallest absolute Gasteiger partial charge is 0.278 e. The molecule has 0 spiro atoms. The quantitative estimate of drug-likeness (QED) is 0.199. The van der Waals surface area contributed by atoms with Crippen molar-refractivity contribution >= 4 is 17.5 Å². The number of nitro groups is 1. The molecule has 8 heteroatoms. The van der Waals surface area contributed by atoms with Gasteiger partial charge in [0.1, 0.15) is 28.9 Å². The van der Waals surface area contributed by atoms with Crippen LogP contribution in [0.15, 0.2) is 91.5 Å². The Morgan fingerprint density at radius 3 is 2.36 bits per heavy atom. The molecule has 0 heterocycles. The number of nitro benzene ring substituents is 1. The molecule has 0 aliphatic carbocycles. The highest BCUT2D eigenvalue weighted by atomic mass is 19.1. The lowest BCUT2D eigenvalue weighted by molar-refractivity contribution is -0.385. The molecule has 36 heavy (non-hydrogen) atoms. The van der Waals surface area contributed by atoms with Gasteiger partial charge in [0, 0.05) is 36.9 Å². The molecule has 0 saturated heterocycles. The van der Waals surface area contributed by atoms with Crippen molar-refractivity contribution in [1.29, 1.82) is 0 Å². The fourth-order valence-electron chi connectivity index (χ4n) is 3.83. The molecule has 0 fully saturated rings. The van der Waals surface area contributed by atoms with E-state index in [-0.39, 0.29) is 30.1 Å². The van der Waals surface area contributed by atoms with E-state index in [9.17, 15) is 24.0 Å². The van der Waals surface area contributed by atoms with Gasteiger partial charge in [-0.2, -0.15) is 0 Å². The van der Waals surface area contributed by atoms with Crippen molar-refractivity contribution in [2.75, 3.05) is 4.90 Å². The second-order valence-electron chi connectivity index (χ2n) is 8.01. The Hall–Kier alpha value is -4.72. The predicted molar refractivity (Wildman–Crippen MR) is 134 cm³/mol. The van der Waals surface area contributed by atoms with Crippen molar-refractivity contribution < 1.29 is 23.5 Å². The number of phenols is 1. The second-order valence-corrected chi connectivity index (χ2v) is 8.01. The first-order chi connectivity index (χ1) is 17.3. The fourth-order valence-corrected chi connectivity index (χ4v) is 3.83. The first kappa shape index (κ1) is 24.4. The van der Waals surface area contributed by atoms with Crippen LogP contribution in [-0.4, -0.2) is 10.0 Å². The Bertz CT molecular complexity index is 1410. The molecular weight excluding hydrogens is 466 g/mol. The van der Waals surface area contributed by atoms with Crippen LogP contribution in [0.2, 0.25) is 0 Å². The molecule has 6 nitrogen and oxygen atoms in total. The first-order valence-electron chi connectivity index (χ1n) is 11.0. The maximum absolute atomic E-state index is 14.5. The number of aromatic hydroxyl groups is 1. The Balaban J connectivity index is 1.66. The number of ether oxygens (including phenoxy) is 1. The van der Waals surface area contributed by atoms with Gasteiger partial charge in [-0.15, -0.1) is 0 Å². The third-order valence-corrected chi connectivity index (χ3v) is 5.53. The molecule has 0 amide bonds. The van der Waals surface area contributed by atoms with Crippen LogP contribution in [-0.2, 0) is 13.1 Å². The molecule has 0 aromatic heterocycles. The summed E-state index contributed by atoms with van der Waals surface area (Å²) in [5, 5.41) is 21.2. The van der Waals surface area contributed by atoms with Crippen molar-refractivity contribution in [3.63, 3.8) is 0 Å². The fraction of sp³-hybridized carbons (Fsp3) is 0.0714. The largest absolute Gasteiger partial charge is 0.508 e. The molecule has 0 radical (unpaired) electrons. The minimum absolute atomic E-state index is 0.0374. The lowest BCUT2D eigenvalue weighted by atomic mass is 10.1. The van der Waals surface area contributed by atoms with Gasteiger partial charge in [0.2, 0.25) is 0 Å². The Labute approximate surface area is 206 Å². The van der Waals surface area contributed by atoms with E-state index >= 15 is 0 Å². The van der Waals surface area contributed by atoms with E-state index in [1.807, 2.05) is 12.1 Å². The summed E-state index contributed by atoms with van der Waals surface area (Å²) in [6, 6.07) is 21.5. The van der Waals surface area contributed by atoms with E-state index in [0.29, 0.717) is 22.7 Å². The summed E-state index contributed by atoms with van der Waals surface area (Å²) in [6.45, 7) is 4.04. The van der Waals surface area contributed by atoms with Crippen LogP contribution in [0.3, 0.4) is 0 Å². The minimum atomic E-state index is -0.708. The number of hydrogen-bond donors (Lipinski definition) is 1. The minimum Gasteiger partial charge on any atom is -0.508 e. The SMILES string of the molecule is C=Cc1c(N(Cc2ccc(Oc3cccc(O)c3)cc2)Cc2ccc(F)cc2F)cccc1[N+](=O)[O-]. The highest BCUT2D eigenvalue weighted by Crippen LogP contribution is 2.33. The Morgan fingerprint density at radius 2 is 1.69 bits per heavy atom. The topological polar surface area (TPSA) is 75.8 Å².